The molecule has 0 fully saturated rings. The summed E-state index contributed by atoms with van der Waals surface area (Å²) in [4.78, 5) is 9.89. The second kappa shape index (κ2) is 5.46. The fourth-order valence-electron chi connectivity index (χ4n) is 1.46. The van der Waals surface area contributed by atoms with Crippen molar-refractivity contribution in [2.75, 3.05) is 5.73 Å². The highest BCUT2D eigenvalue weighted by atomic mass is 79.9. The number of nitrogens with zero attached hydrogens (tertiary/aromatic N) is 2. The number of aromatic nitrogens is 2. The van der Waals surface area contributed by atoms with E-state index in [1.54, 1.807) is 11.3 Å². The van der Waals surface area contributed by atoms with Crippen molar-refractivity contribution in [2.24, 2.45) is 0 Å². The van der Waals surface area contributed by atoms with Crippen LogP contribution in [0.25, 0.3) is 10.7 Å². The van der Waals surface area contributed by atoms with Gasteiger partial charge in [0.25, 0.3) is 0 Å². The van der Waals surface area contributed by atoms with Gasteiger partial charge in [-0.25, -0.2) is 9.97 Å². The van der Waals surface area contributed by atoms with Crippen molar-refractivity contribution in [3.8, 4) is 10.7 Å². The molecule has 6 heteroatoms. The van der Waals surface area contributed by atoms with Crippen molar-refractivity contribution in [3.05, 3.63) is 26.1 Å². The Bertz CT molecular complexity index is 540. The molecule has 2 N–H and O–H groups in total. The topological polar surface area (TPSA) is 51.8 Å². The summed E-state index contributed by atoms with van der Waals surface area (Å²) in [6, 6.07) is 3.98. The molecule has 2 aromatic rings. The standard InChI is InChI=1S/C11H11Br2N3S/c1-2-3-6-9(13)10(14)16-11(15-6)7-4-5-8(12)17-7/h4-5H,2-3H2,1H3,(H2,14,15,16). The van der Waals surface area contributed by atoms with E-state index in [2.05, 4.69) is 48.8 Å². The van der Waals surface area contributed by atoms with Crippen molar-refractivity contribution in [1.29, 1.82) is 0 Å². The quantitative estimate of drug-likeness (QED) is 0.870. The minimum atomic E-state index is 0.503. The van der Waals surface area contributed by atoms with E-state index in [9.17, 15) is 0 Å². The fourth-order valence-corrected chi connectivity index (χ4v) is 3.16. The summed E-state index contributed by atoms with van der Waals surface area (Å²) in [7, 11) is 0. The Morgan fingerprint density at radius 1 is 1.29 bits per heavy atom. The molecule has 0 bridgehead atoms. The monoisotopic (exact) mass is 375 g/mol. The maximum absolute atomic E-state index is 5.89. The Balaban J connectivity index is 2.48. The highest BCUT2D eigenvalue weighted by molar-refractivity contribution is 9.11. The number of hydrogen-bond acceptors (Lipinski definition) is 4. The molecule has 0 amide bonds. The third kappa shape index (κ3) is 2.86. The lowest BCUT2D eigenvalue weighted by Crippen LogP contribution is -2.02. The smallest absolute Gasteiger partial charge is 0.171 e. The van der Waals surface area contributed by atoms with E-state index in [0.29, 0.717) is 11.6 Å². The average molecular weight is 377 g/mol. The number of thiophene rings is 1. The molecule has 0 spiro atoms. The van der Waals surface area contributed by atoms with Crippen molar-refractivity contribution in [3.63, 3.8) is 0 Å². The van der Waals surface area contributed by atoms with Crippen molar-refractivity contribution in [1.82, 2.24) is 9.97 Å². The molecule has 0 aliphatic carbocycles. The molecule has 3 nitrogen and oxygen atoms in total. The molecule has 90 valence electrons. The van der Waals surface area contributed by atoms with Gasteiger partial charge in [-0.3, -0.25) is 0 Å². The van der Waals surface area contributed by atoms with Gasteiger partial charge in [0.15, 0.2) is 5.82 Å². The van der Waals surface area contributed by atoms with Crippen LogP contribution >= 0.6 is 43.2 Å². The van der Waals surface area contributed by atoms with Gasteiger partial charge in [-0.1, -0.05) is 13.3 Å². The van der Waals surface area contributed by atoms with Crippen LogP contribution in [0, 0.1) is 0 Å². The van der Waals surface area contributed by atoms with Crippen LogP contribution in [0.1, 0.15) is 19.0 Å². The zero-order valence-corrected chi connectivity index (χ0v) is 13.2. The van der Waals surface area contributed by atoms with Crippen LogP contribution in [-0.2, 0) is 6.42 Å². The predicted molar refractivity (Wildman–Crippen MR) is 79.2 cm³/mol. The minimum absolute atomic E-state index is 0.503. The van der Waals surface area contributed by atoms with Crippen LogP contribution in [0.15, 0.2) is 20.4 Å². The van der Waals surface area contributed by atoms with E-state index in [4.69, 9.17) is 5.73 Å². The molecule has 0 aromatic carbocycles. The highest BCUT2D eigenvalue weighted by Gasteiger charge is 2.12. The normalized spacial score (nSPS) is 10.8. The van der Waals surface area contributed by atoms with Gasteiger partial charge in [0.2, 0.25) is 0 Å². The Morgan fingerprint density at radius 2 is 2.06 bits per heavy atom. The summed E-state index contributed by atoms with van der Waals surface area (Å²) in [5, 5.41) is 0. The minimum Gasteiger partial charge on any atom is -0.383 e. The van der Waals surface area contributed by atoms with Crippen molar-refractivity contribution in [2.45, 2.75) is 19.8 Å². The Morgan fingerprint density at radius 3 is 2.65 bits per heavy atom. The average Bonchev–Trinajstić information content (AvgIpc) is 2.71. The van der Waals surface area contributed by atoms with Gasteiger partial charge >= 0.3 is 0 Å². The molecule has 2 aromatic heterocycles. The predicted octanol–water partition coefficient (Wildman–Crippen LogP) is 4.26. The van der Waals surface area contributed by atoms with Crippen LogP contribution < -0.4 is 5.73 Å². The summed E-state index contributed by atoms with van der Waals surface area (Å²) < 4.78 is 1.88. The van der Waals surface area contributed by atoms with Gasteiger partial charge in [0.1, 0.15) is 5.82 Å². The first kappa shape index (κ1) is 13.0. The van der Waals surface area contributed by atoms with Crippen LogP contribution in [-0.4, -0.2) is 9.97 Å². The molecule has 0 saturated carbocycles. The third-order valence-corrected chi connectivity index (χ3v) is 4.71. The lowest BCUT2D eigenvalue weighted by molar-refractivity contribution is 0.870. The largest absolute Gasteiger partial charge is 0.383 e. The molecule has 0 aliphatic rings. The zero-order valence-electron chi connectivity index (χ0n) is 9.20. The van der Waals surface area contributed by atoms with Crippen LogP contribution in [0.3, 0.4) is 0 Å². The number of nitrogen functional groups attached to an aromatic ring is 1. The fraction of sp³-hybridized carbons (Fsp3) is 0.273. The number of hydrogen-bond donors (Lipinski definition) is 1. The number of halogens is 2. The van der Waals surface area contributed by atoms with Crippen LogP contribution in [0.4, 0.5) is 5.82 Å². The van der Waals surface area contributed by atoms with E-state index < -0.39 is 0 Å². The second-order valence-electron chi connectivity index (χ2n) is 3.55. The highest BCUT2D eigenvalue weighted by Crippen LogP contribution is 2.32. The molecular weight excluding hydrogens is 366 g/mol. The van der Waals surface area contributed by atoms with Crippen LogP contribution in [0.2, 0.25) is 0 Å². The molecule has 0 radical (unpaired) electrons. The van der Waals surface area contributed by atoms with E-state index in [1.165, 1.54) is 0 Å². The summed E-state index contributed by atoms with van der Waals surface area (Å²) >= 11 is 8.47. The molecule has 0 unspecified atom stereocenters. The summed E-state index contributed by atoms with van der Waals surface area (Å²) in [6.45, 7) is 2.12. The first-order valence-corrected chi connectivity index (χ1v) is 7.59. The molecule has 2 heterocycles. The first-order valence-electron chi connectivity index (χ1n) is 5.19. The lowest BCUT2D eigenvalue weighted by atomic mass is 10.2. The Hall–Kier alpha value is -0.460. The molecule has 0 aliphatic heterocycles. The molecule has 2 rings (SSSR count). The van der Waals surface area contributed by atoms with Gasteiger partial charge in [0, 0.05) is 0 Å². The lowest BCUT2D eigenvalue weighted by Gasteiger charge is -2.06. The molecular formula is C11H11Br2N3S. The van der Waals surface area contributed by atoms with E-state index >= 15 is 0 Å². The van der Waals surface area contributed by atoms with E-state index in [1.807, 2.05) is 12.1 Å². The van der Waals surface area contributed by atoms with Crippen molar-refractivity contribution >= 4 is 49.0 Å². The van der Waals surface area contributed by atoms with Crippen molar-refractivity contribution < 1.29 is 0 Å². The van der Waals surface area contributed by atoms with E-state index in [-0.39, 0.29) is 0 Å². The Kier molecular flexibility index (Phi) is 4.17. The van der Waals surface area contributed by atoms with Gasteiger partial charge < -0.3 is 5.73 Å². The van der Waals surface area contributed by atoms with Gasteiger partial charge in [0.05, 0.1) is 18.8 Å². The SMILES string of the molecule is CCCc1nc(-c2ccc(Br)s2)nc(N)c1Br. The van der Waals surface area contributed by atoms with E-state index in [0.717, 1.165) is 31.7 Å². The van der Waals surface area contributed by atoms with Gasteiger partial charge in [-0.2, -0.15) is 0 Å². The first-order chi connectivity index (χ1) is 8.11. The van der Waals surface area contributed by atoms with Gasteiger partial charge in [-0.15, -0.1) is 11.3 Å². The summed E-state index contributed by atoms with van der Waals surface area (Å²) in [5.74, 6) is 1.20. The van der Waals surface area contributed by atoms with Gasteiger partial charge in [-0.05, 0) is 50.4 Å². The molecule has 0 atom stereocenters. The number of rotatable bonds is 3. The molecule has 0 saturated heterocycles. The third-order valence-electron chi connectivity index (χ3n) is 2.23. The summed E-state index contributed by atoms with van der Waals surface area (Å²) in [5.41, 5.74) is 6.86. The number of nitrogens with two attached hydrogens (primary N) is 1. The summed E-state index contributed by atoms with van der Waals surface area (Å²) in [6.07, 6.45) is 1.93. The number of aryl methyl sites for hydroxylation is 1. The zero-order chi connectivity index (χ0) is 12.4. The second-order valence-corrected chi connectivity index (χ2v) is 6.80. The molecule has 17 heavy (non-hydrogen) atoms. The maximum Gasteiger partial charge on any atom is 0.171 e. The maximum atomic E-state index is 5.89. The number of anilines is 1. The van der Waals surface area contributed by atoms with Crippen LogP contribution in [0.5, 0.6) is 0 Å². The Labute approximate surface area is 121 Å².